The Morgan fingerprint density at radius 1 is 1.10 bits per heavy atom. The second kappa shape index (κ2) is 8.66. The van der Waals surface area contributed by atoms with E-state index < -0.39 is 6.36 Å². The fourth-order valence-electron chi connectivity index (χ4n) is 2.82. The number of alkyl halides is 3. The van der Waals surface area contributed by atoms with E-state index in [1.54, 1.807) is 34.8 Å². The van der Waals surface area contributed by atoms with Crippen molar-refractivity contribution >= 4 is 12.2 Å². The van der Waals surface area contributed by atoms with E-state index in [4.69, 9.17) is 17.0 Å². The summed E-state index contributed by atoms with van der Waals surface area (Å²) < 4.78 is 49.9. The number of hydrogen-bond donors (Lipinski definition) is 0. The van der Waals surface area contributed by atoms with E-state index in [1.165, 1.54) is 12.1 Å². The van der Waals surface area contributed by atoms with Crippen molar-refractivity contribution in [2.24, 2.45) is 0 Å². The minimum Gasteiger partial charge on any atom is -0.495 e. The van der Waals surface area contributed by atoms with Crippen LogP contribution in [0.4, 0.5) is 13.2 Å². The average Bonchev–Trinajstić information content (AvgIpc) is 3.02. The van der Waals surface area contributed by atoms with Crippen LogP contribution in [-0.4, -0.2) is 39.8 Å². The lowest BCUT2D eigenvalue weighted by Crippen LogP contribution is -2.22. The Morgan fingerprint density at radius 2 is 1.79 bits per heavy atom. The number of rotatable bonds is 7. The highest BCUT2D eigenvalue weighted by Crippen LogP contribution is 2.24. The Morgan fingerprint density at radius 3 is 2.45 bits per heavy atom. The molecule has 0 atom stereocenters. The Balaban J connectivity index is 1.68. The molecule has 3 aromatic rings. The molecule has 1 heterocycles. The molecule has 0 saturated carbocycles. The number of para-hydroxylation sites is 2. The van der Waals surface area contributed by atoms with E-state index in [0.717, 1.165) is 11.3 Å². The molecule has 0 N–H and O–H groups in total. The van der Waals surface area contributed by atoms with Gasteiger partial charge in [-0.3, -0.25) is 9.47 Å². The molecule has 0 radical (unpaired) electrons. The maximum Gasteiger partial charge on any atom is 0.573 e. The Labute approximate surface area is 170 Å². The highest BCUT2D eigenvalue weighted by molar-refractivity contribution is 7.71. The van der Waals surface area contributed by atoms with Gasteiger partial charge in [0, 0.05) is 6.54 Å². The lowest BCUT2D eigenvalue weighted by atomic mass is 10.2. The molecule has 2 aromatic carbocycles. The molecule has 1 aromatic heterocycles. The van der Waals surface area contributed by atoms with Crippen molar-refractivity contribution in [2.75, 3.05) is 14.2 Å². The SMILES string of the molecule is COc1ccccc1-n1cnn(CN(C)Cc2ccc(OC(F)(F)F)cc2)c1=S. The van der Waals surface area contributed by atoms with Crippen molar-refractivity contribution in [3.8, 4) is 17.2 Å². The first-order valence-corrected chi connectivity index (χ1v) is 8.99. The van der Waals surface area contributed by atoms with E-state index in [2.05, 4.69) is 9.84 Å². The van der Waals surface area contributed by atoms with Crippen molar-refractivity contribution in [3.05, 3.63) is 65.2 Å². The summed E-state index contributed by atoms with van der Waals surface area (Å²) >= 11 is 5.52. The van der Waals surface area contributed by atoms with Gasteiger partial charge in [0.2, 0.25) is 4.77 Å². The molecule has 0 unspecified atom stereocenters. The topological polar surface area (TPSA) is 44.5 Å². The van der Waals surface area contributed by atoms with Crippen molar-refractivity contribution in [2.45, 2.75) is 19.6 Å². The van der Waals surface area contributed by atoms with E-state index >= 15 is 0 Å². The predicted molar refractivity (Wildman–Crippen MR) is 104 cm³/mol. The van der Waals surface area contributed by atoms with Crippen LogP contribution >= 0.6 is 12.2 Å². The number of ether oxygens (including phenoxy) is 2. The Hall–Kier alpha value is -2.85. The third kappa shape index (κ3) is 5.36. The van der Waals surface area contributed by atoms with Crippen LogP contribution in [0.15, 0.2) is 54.9 Å². The maximum absolute atomic E-state index is 12.2. The van der Waals surface area contributed by atoms with Gasteiger partial charge in [0.1, 0.15) is 17.8 Å². The zero-order valence-corrected chi connectivity index (χ0v) is 16.6. The quantitative estimate of drug-likeness (QED) is 0.526. The second-order valence-electron chi connectivity index (χ2n) is 6.30. The largest absolute Gasteiger partial charge is 0.573 e. The van der Waals surface area contributed by atoms with Crippen molar-refractivity contribution in [1.82, 2.24) is 19.2 Å². The van der Waals surface area contributed by atoms with Gasteiger partial charge in [0.05, 0.1) is 19.5 Å². The molecule has 0 saturated heterocycles. The molecule has 3 rings (SSSR count). The molecular weight excluding hydrogens is 405 g/mol. The Kier molecular flexibility index (Phi) is 6.23. The maximum atomic E-state index is 12.2. The van der Waals surface area contributed by atoms with Crippen LogP contribution < -0.4 is 9.47 Å². The summed E-state index contributed by atoms with van der Waals surface area (Å²) in [4.78, 5) is 1.94. The number of aromatic nitrogens is 3. The standard InChI is InChI=1S/C19H19F3N4O2S/c1-24(11-14-7-9-15(10-8-14)28-19(20,21)22)13-26-18(29)25(12-23-26)16-5-3-4-6-17(16)27-2/h3-10,12H,11,13H2,1-2H3. The first kappa shape index (κ1) is 20.9. The lowest BCUT2D eigenvalue weighted by Gasteiger charge is -2.17. The molecule has 154 valence electrons. The second-order valence-corrected chi connectivity index (χ2v) is 6.67. The summed E-state index contributed by atoms with van der Waals surface area (Å²) in [6.45, 7) is 0.900. The van der Waals surface area contributed by atoms with Gasteiger partial charge in [0.15, 0.2) is 0 Å². The van der Waals surface area contributed by atoms with Crippen LogP contribution in [-0.2, 0) is 13.2 Å². The summed E-state index contributed by atoms with van der Waals surface area (Å²) in [6.07, 6.45) is -3.08. The van der Waals surface area contributed by atoms with Gasteiger partial charge >= 0.3 is 6.36 Å². The van der Waals surface area contributed by atoms with Crippen molar-refractivity contribution in [3.63, 3.8) is 0 Å². The summed E-state index contributed by atoms with van der Waals surface area (Å²) in [6, 6.07) is 13.2. The number of methoxy groups -OCH3 is 1. The van der Waals surface area contributed by atoms with Crippen LogP contribution in [0.3, 0.4) is 0 Å². The highest BCUT2D eigenvalue weighted by Gasteiger charge is 2.30. The molecule has 0 spiro atoms. The van der Waals surface area contributed by atoms with Crippen LogP contribution in [0.1, 0.15) is 5.56 Å². The van der Waals surface area contributed by atoms with Gasteiger partial charge < -0.3 is 9.47 Å². The molecule has 0 amide bonds. The van der Waals surface area contributed by atoms with Crippen LogP contribution in [0, 0.1) is 4.77 Å². The summed E-state index contributed by atoms with van der Waals surface area (Å²) in [5.41, 5.74) is 1.62. The molecule has 0 bridgehead atoms. The van der Waals surface area contributed by atoms with E-state index in [0.29, 0.717) is 23.7 Å². The van der Waals surface area contributed by atoms with Crippen LogP contribution in [0.25, 0.3) is 5.69 Å². The molecule has 0 fully saturated rings. The normalized spacial score (nSPS) is 11.7. The third-order valence-corrected chi connectivity index (χ3v) is 4.47. The first-order valence-electron chi connectivity index (χ1n) is 8.58. The van der Waals surface area contributed by atoms with Crippen molar-refractivity contribution < 1.29 is 22.6 Å². The fraction of sp³-hybridized carbons (Fsp3) is 0.263. The number of hydrogen-bond acceptors (Lipinski definition) is 5. The zero-order chi connectivity index (χ0) is 21.0. The van der Waals surface area contributed by atoms with E-state index in [-0.39, 0.29) is 5.75 Å². The first-order chi connectivity index (χ1) is 13.8. The lowest BCUT2D eigenvalue weighted by molar-refractivity contribution is -0.274. The van der Waals surface area contributed by atoms with Gasteiger partial charge in [0.25, 0.3) is 0 Å². The Bertz CT molecular complexity index is 1020. The van der Waals surface area contributed by atoms with Gasteiger partial charge in [-0.1, -0.05) is 24.3 Å². The predicted octanol–water partition coefficient (Wildman–Crippen LogP) is 4.40. The fourth-order valence-corrected chi connectivity index (χ4v) is 3.07. The highest BCUT2D eigenvalue weighted by atomic mass is 32.1. The van der Waals surface area contributed by atoms with Crippen LogP contribution in [0.2, 0.25) is 0 Å². The molecule has 0 aliphatic heterocycles. The molecular formula is C19H19F3N4O2S. The van der Waals surface area contributed by atoms with Gasteiger partial charge in [-0.15, -0.1) is 13.2 Å². The van der Waals surface area contributed by atoms with Gasteiger partial charge in [-0.2, -0.15) is 5.10 Å². The average molecular weight is 424 g/mol. The smallest absolute Gasteiger partial charge is 0.495 e. The summed E-state index contributed by atoms with van der Waals surface area (Å²) in [5.74, 6) is 0.430. The molecule has 0 aliphatic carbocycles. The van der Waals surface area contributed by atoms with E-state index in [9.17, 15) is 13.2 Å². The monoisotopic (exact) mass is 424 g/mol. The number of halogens is 3. The van der Waals surface area contributed by atoms with Crippen molar-refractivity contribution in [1.29, 1.82) is 0 Å². The molecule has 6 nitrogen and oxygen atoms in total. The van der Waals surface area contributed by atoms with E-state index in [1.807, 2.05) is 36.2 Å². The molecule has 0 aliphatic rings. The summed E-state index contributed by atoms with van der Waals surface area (Å²) in [7, 11) is 3.45. The van der Waals surface area contributed by atoms with Crippen LogP contribution in [0.5, 0.6) is 11.5 Å². The number of benzene rings is 2. The van der Waals surface area contributed by atoms with Gasteiger partial charge in [-0.05, 0) is 49.1 Å². The molecule has 29 heavy (non-hydrogen) atoms. The minimum absolute atomic E-state index is 0.248. The molecule has 10 heteroatoms. The summed E-state index contributed by atoms with van der Waals surface area (Å²) in [5, 5.41) is 4.34. The zero-order valence-electron chi connectivity index (χ0n) is 15.8. The number of nitrogens with zero attached hydrogens (tertiary/aromatic N) is 4. The minimum atomic E-state index is -4.70. The third-order valence-electron chi connectivity index (χ3n) is 4.06. The van der Waals surface area contributed by atoms with Gasteiger partial charge in [-0.25, -0.2) is 4.68 Å².